The molecule has 0 aliphatic heterocycles. The lowest BCUT2D eigenvalue weighted by Crippen LogP contribution is -2.05. The molecule has 0 saturated carbocycles. The second-order valence-electron chi connectivity index (χ2n) is 4.33. The van der Waals surface area contributed by atoms with Gasteiger partial charge in [0.2, 0.25) is 0 Å². The molecule has 0 aliphatic rings. The number of ketones is 1. The van der Waals surface area contributed by atoms with Crippen LogP contribution in [0.3, 0.4) is 0 Å². The fourth-order valence-corrected chi connectivity index (χ4v) is 1.93. The minimum Gasteiger partial charge on any atom is -0.288 e. The van der Waals surface area contributed by atoms with Crippen LogP contribution in [0.5, 0.6) is 0 Å². The second kappa shape index (κ2) is 4.69. The number of carbonyl (C=O) groups excluding carboxylic acids is 1. The molecule has 2 aromatic carbocycles. The maximum Gasteiger partial charge on any atom is 0.196 e. The average Bonchev–Trinajstić information content (AvgIpc) is 2.30. The number of hydrogen-bond donors (Lipinski definition) is 0. The lowest BCUT2D eigenvalue weighted by atomic mass is 9.99. The summed E-state index contributed by atoms with van der Waals surface area (Å²) < 4.78 is 26.6. The maximum atomic E-state index is 13.5. The molecule has 0 bridgehead atoms. The first-order chi connectivity index (χ1) is 8.47. The summed E-state index contributed by atoms with van der Waals surface area (Å²) in [6.45, 7) is 3.71. The van der Waals surface area contributed by atoms with Crippen molar-refractivity contribution in [2.24, 2.45) is 0 Å². The highest BCUT2D eigenvalue weighted by atomic mass is 19.1. The van der Waals surface area contributed by atoms with Gasteiger partial charge in [-0.1, -0.05) is 17.2 Å². The van der Waals surface area contributed by atoms with Crippen molar-refractivity contribution in [2.75, 3.05) is 0 Å². The molecule has 1 nitrogen and oxygen atoms in total. The standard InChI is InChI=1S/C15H12F2O/c1-9-5-10(2)7-11(6-9)15(18)13-8-12(16)3-4-14(13)17/h3-8H,1-2H3. The molecule has 18 heavy (non-hydrogen) atoms. The van der Waals surface area contributed by atoms with Gasteiger partial charge >= 0.3 is 0 Å². The van der Waals surface area contributed by atoms with E-state index >= 15 is 0 Å². The van der Waals surface area contributed by atoms with Crippen molar-refractivity contribution in [3.8, 4) is 0 Å². The number of carbonyl (C=O) groups is 1. The summed E-state index contributed by atoms with van der Waals surface area (Å²) in [5.41, 5.74) is 1.96. The average molecular weight is 246 g/mol. The van der Waals surface area contributed by atoms with E-state index in [1.807, 2.05) is 19.9 Å². The van der Waals surface area contributed by atoms with Gasteiger partial charge in [-0.25, -0.2) is 8.78 Å². The van der Waals surface area contributed by atoms with Crippen LogP contribution in [-0.4, -0.2) is 5.78 Å². The predicted octanol–water partition coefficient (Wildman–Crippen LogP) is 3.81. The molecule has 0 atom stereocenters. The molecule has 0 unspecified atom stereocenters. The highest BCUT2D eigenvalue weighted by Crippen LogP contribution is 2.17. The molecule has 0 radical (unpaired) electrons. The molecule has 2 aromatic rings. The van der Waals surface area contributed by atoms with Crippen LogP contribution >= 0.6 is 0 Å². The van der Waals surface area contributed by atoms with E-state index in [1.54, 1.807) is 12.1 Å². The molecular weight excluding hydrogens is 234 g/mol. The van der Waals surface area contributed by atoms with Gasteiger partial charge in [-0.2, -0.15) is 0 Å². The molecule has 0 spiro atoms. The molecular formula is C15H12F2O. The largest absolute Gasteiger partial charge is 0.288 e. The molecule has 0 aliphatic carbocycles. The van der Waals surface area contributed by atoms with Gasteiger partial charge in [0, 0.05) is 5.56 Å². The Hall–Kier alpha value is -2.03. The van der Waals surface area contributed by atoms with Crippen molar-refractivity contribution in [1.29, 1.82) is 0 Å². The van der Waals surface area contributed by atoms with Gasteiger partial charge in [0.25, 0.3) is 0 Å². The van der Waals surface area contributed by atoms with Crippen LogP contribution in [0.2, 0.25) is 0 Å². The van der Waals surface area contributed by atoms with Crippen LogP contribution in [0.4, 0.5) is 8.78 Å². The van der Waals surface area contributed by atoms with Gasteiger partial charge in [0.05, 0.1) is 5.56 Å². The van der Waals surface area contributed by atoms with Crippen LogP contribution in [0, 0.1) is 25.5 Å². The normalized spacial score (nSPS) is 10.4. The van der Waals surface area contributed by atoms with E-state index in [1.165, 1.54) is 0 Å². The van der Waals surface area contributed by atoms with Crippen molar-refractivity contribution in [3.05, 3.63) is 70.3 Å². The number of aryl methyl sites for hydroxylation is 2. The van der Waals surface area contributed by atoms with Crippen molar-refractivity contribution >= 4 is 5.78 Å². The summed E-state index contributed by atoms with van der Waals surface area (Å²) in [6, 6.07) is 8.13. The first-order valence-corrected chi connectivity index (χ1v) is 5.55. The Kier molecular flexibility index (Phi) is 3.24. The van der Waals surface area contributed by atoms with Gasteiger partial charge in [0.15, 0.2) is 5.78 Å². The van der Waals surface area contributed by atoms with Crippen LogP contribution in [0.15, 0.2) is 36.4 Å². The van der Waals surface area contributed by atoms with E-state index in [-0.39, 0.29) is 5.56 Å². The molecule has 0 heterocycles. The third-order valence-corrected chi connectivity index (χ3v) is 2.66. The summed E-state index contributed by atoms with van der Waals surface area (Å²) >= 11 is 0. The Morgan fingerprint density at radius 2 is 1.56 bits per heavy atom. The SMILES string of the molecule is Cc1cc(C)cc(C(=O)c2cc(F)ccc2F)c1. The number of halogens is 2. The third-order valence-electron chi connectivity index (χ3n) is 2.66. The van der Waals surface area contributed by atoms with Gasteiger partial charge < -0.3 is 0 Å². The third kappa shape index (κ3) is 2.45. The van der Waals surface area contributed by atoms with Crippen LogP contribution < -0.4 is 0 Å². The fourth-order valence-electron chi connectivity index (χ4n) is 1.93. The number of benzene rings is 2. The quantitative estimate of drug-likeness (QED) is 0.736. The highest BCUT2D eigenvalue weighted by molar-refractivity contribution is 6.09. The van der Waals surface area contributed by atoms with E-state index in [9.17, 15) is 13.6 Å². The lowest BCUT2D eigenvalue weighted by molar-refractivity contribution is 0.103. The van der Waals surface area contributed by atoms with E-state index < -0.39 is 17.4 Å². The summed E-state index contributed by atoms with van der Waals surface area (Å²) in [7, 11) is 0. The highest BCUT2D eigenvalue weighted by Gasteiger charge is 2.15. The molecule has 92 valence electrons. The van der Waals surface area contributed by atoms with Crippen molar-refractivity contribution in [2.45, 2.75) is 13.8 Å². The van der Waals surface area contributed by atoms with E-state index in [2.05, 4.69) is 0 Å². The van der Waals surface area contributed by atoms with Crippen molar-refractivity contribution < 1.29 is 13.6 Å². The smallest absolute Gasteiger partial charge is 0.196 e. The summed E-state index contributed by atoms with van der Waals surface area (Å²) in [6.07, 6.45) is 0. The Labute approximate surface area is 104 Å². The monoisotopic (exact) mass is 246 g/mol. The van der Waals surface area contributed by atoms with Crippen LogP contribution in [0.25, 0.3) is 0 Å². The molecule has 2 rings (SSSR count). The van der Waals surface area contributed by atoms with E-state index in [0.717, 1.165) is 29.3 Å². The van der Waals surface area contributed by atoms with Crippen LogP contribution in [-0.2, 0) is 0 Å². The first-order valence-electron chi connectivity index (χ1n) is 5.55. The minimum absolute atomic E-state index is 0.236. The Morgan fingerprint density at radius 1 is 0.944 bits per heavy atom. The molecule has 0 fully saturated rings. The summed E-state index contributed by atoms with van der Waals surface area (Å²) in [5, 5.41) is 0. The molecule has 0 N–H and O–H groups in total. The second-order valence-corrected chi connectivity index (χ2v) is 4.33. The molecule has 0 saturated heterocycles. The molecule has 0 amide bonds. The zero-order valence-corrected chi connectivity index (χ0v) is 10.1. The van der Waals surface area contributed by atoms with E-state index in [4.69, 9.17) is 0 Å². The van der Waals surface area contributed by atoms with Gasteiger partial charge in [0.1, 0.15) is 11.6 Å². The van der Waals surface area contributed by atoms with Gasteiger partial charge in [-0.3, -0.25) is 4.79 Å². The van der Waals surface area contributed by atoms with Crippen LogP contribution in [0.1, 0.15) is 27.0 Å². The molecule has 0 aromatic heterocycles. The van der Waals surface area contributed by atoms with Gasteiger partial charge in [-0.15, -0.1) is 0 Å². The number of hydrogen-bond acceptors (Lipinski definition) is 1. The summed E-state index contributed by atoms with van der Waals surface area (Å²) in [5.74, 6) is -1.83. The van der Waals surface area contributed by atoms with Crippen molar-refractivity contribution in [1.82, 2.24) is 0 Å². The minimum atomic E-state index is -0.708. The molecule has 3 heteroatoms. The lowest BCUT2D eigenvalue weighted by Gasteiger charge is -2.05. The van der Waals surface area contributed by atoms with E-state index in [0.29, 0.717) is 5.56 Å². The topological polar surface area (TPSA) is 17.1 Å². The Balaban J connectivity index is 2.51. The predicted molar refractivity (Wildman–Crippen MR) is 65.7 cm³/mol. The zero-order valence-electron chi connectivity index (χ0n) is 10.1. The summed E-state index contributed by atoms with van der Waals surface area (Å²) in [4.78, 5) is 12.1. The fraction of sp³-hybridized carbons (Fsp3) is 0.133. The maximum absolute atomic E-state index is 13.5. The first kappa shape index (κ1) is 12.4. The number of rotatable bonds is 2. The van der Waals surface area contributed by atoms with Gasteiger partial charge in [-0.05, 0) is 44.2 Å². The Bertz CT molecular complexity index is 598. The zero-order chi connectivity index (χ0) is 13.3. The van der Waals surface area contributed by atoms with Crippen molar-refractivity contribution in [3.63, 3.8) is 0 Å². The Morgan fingerprint density at radius 3 is 2.17 bits per heavy atom.